The van der Waals surface area contributed by atoms with Gasteiger partial charge in [0.15, 0.2) is 0 Å². The van der Waals surface area contributed by atoms with Crippen molar-refractivity contribution in [2.75, 3.05) is 26.5 Å². The number of thioether (sulfide) groups is 1. The SMILES string of the molecule is CCCCC(CC)CCCSC1=CCN(C)N=C1OC. The van der Waals surface area contributed by atoms with Crippen LogP contribution in [0.2, 0.25) is 0 Å². The molecule has 0 saturated heterocycles. The van der Waals surface area contributed by atoms with E-state index in [1.54, 1.807) is 7.11 Å². The largest absolute Gasteiger partial charge is 0.479 e. The molecular weight excluding hydrogens is 268 g/mol. The van der Waals surface area contributed by atoms with Gasteiger partial charge in [-0.05, 0) is 30.6 Å². The van der Waals surface area contributed by atoms with Gasteiger partial charge < -0.3 is 4.74 Å². The van der Waals surface area contributed by atoms with Crippen LogP contribution in [0.3, 0.4) is 0 Å². The highest BCUT2D eigenvalue weighted by atomic mass is 32.2. The highest BCUT2D eigenvalue weighted by Gasteiger charge is 2.14. The lowest BCUT2D eigenvalue weighted by molar-refractivity contribution is 0.338. The van der Waals surface area contributed by atoms with Crippen molar-refractivity contribution < 1.29 is 4.74 Å². The predicted molar refractivity (Wildman–Crippen MR) is 90.2 cm³/mol. The van der Waals surface area contributed by atoms with Crippen molar-refractivity contribution in [3.63, 3.8) is 0 Å². The van der Waals surface area contributed by atoms with E-state index in [-0.39, 0.29) is 0 Å². The van der Waals surface area contributed by atoms with Crippen LogP contribution in [0.25, 0.3) is 0 Å². The molecular formula is C16H30N2OS. The molecule has 0 amide bonds. The standard InChI is InChI=1S/C16H30N2OS/c1-5-7-9-14(6-2)10-8-13-20-15-11-12-18(3)17-16(15)19-4/h11,14H,5-10,12-13H2,1-4H3. The van der Waals surface area contributed by atoms with Gasteiger partial charge in [-0.3, -0.25) is 5.01 Å². The van der Waals surface area contributed by atoms with Crippen LogP contribution < -0.4 is 0 Å². The number of hydrazone groups is 1. The molecule has 0 N–H and O–H groups in total. The van der Waals surface area contributed by atoms with Crippen molar-refractivity contribution in [1.82, 2.24) is 5.01 Å². The summed E-state index contributed by atoms with van der Waals surface area (Å²) in [5.74, 6) is 2.85. The first-order valence-electron chi connectivity index (χ1n) is 7.88. The molecule has 20 heavy (non-hydrogen) atoms. The molecule has 0 aromatic carbocycles. The zero-order valence-electron chi connectivity index (χ0n) is 13.5. The Morgan fingerprint density at radius 1 is 1.35 bits per heavy atom. The summed E-state index contributed by atoms with van der Waals surface area (Å²) in [6, 6.07) is 0. The van der Waals surface area contributed by atoms with Crippen molar-refractivity contribution >= 4 is 17.7 Å². The monoisotopic (exact) mass is 298 g/mol. The zero-order chi connectivity index (χ0) is 14.8. The van der Waals surface area contributed by atoms with Gasteiger partial charge in [-0.2, -0.15) is 0 Å². The van der Waals surface area contributed by atoms with Gasteiger partial charge in [0, 0.05) is 7.05 Å². The Hall–Kier alpha value is -0.640. The van der Waals surface area contributed by atoms with Crippen LogP contribution >= 0.6 is 11.8 Å². The first kappa shape index (κ1) is 17.4. The molecule has 116 valence electrons. The quantitative estimate of drug-likeness (QED) is 0.586. The second-order valence-corrected chi connectivity index (χ2v) is 6.56. The Morgan fingerprint density at radius 2 is 2.10 bits per heavy atom. The molecule has 0 aromatic heterocycles. The van der Waals surface area contributed by atoms with Crippen LogP contribution in [0.4, 0.5) is 0 Å². The topological polar surface area (TPSA) is 24.8 Å². The zero-order valence-corrected chi connectivity index (χ0v) is 14.3. The lowest BCUT2D eigenvalue weighted by Gasteiger charge is -2.20. The van der Waals surface area contributed by atoms with Crippen LogP contribution in [-0.2, 0) is 4.74 Å². The minimum absolute atomic E-state index is 0.766. The third-order valence-corrected chi connectivity index (χ3v) is 4.91. The van der Waals surface area contributed by atoms with Crippen molar-refractivity contribution in [2.24, 2.45) is 11.0 Å². The third-order valence-electron chi connectivity index (χ3n) is 3.76. The molecule has 1 aliphatic rings. The van der Waals surface area contributed by atoms with Crippen molar-refractivity contribution in [3.05, 3.63) is 11.0 Å². The highest BCUT2D eigenvalue weighted by molar-refractivity contribution is 8.04. The molecule has 0 saturated carbocycles. The number of ether oxygens (including phenoxy) is 1. The Balaban J connectivity index is 2.25. The van der Waals surface area contributed by atoms with E-state index in [4.69, 9.17) is 4.74 Å². The molecule has 0 aromatic rings. The third kappa shape index (κ3) is 6.21. The normalized spacial score (nSPS) is 16.7. The van der Waals surface area contributed by atoms with Crippen LogP contribution in [0.1, 0.15) is 52.4 Å². The molecule has 4 heteroatoms. The number of unbranched alkanes of at least 4 members (excludes halogenated alkanes) is 1. The van der Waals surface area contributed by atoms with E-state index < -0.39 is 0 Å². The average molecular weight is 298 g/mol. The molecule has 1 atom stereocenters. The van der Waals surface area contributed by atoms with Crippen LogP contribution in [0, 0.1) is 5.92 Å². The maximum absolute atomic E-state index is 5.35. The number of rotatable bonds is 9. The lowest BCUT2D eigenvalue weighted by Crippen LogP contribution is -2.21. The van der Waals surface area contributed by atoms with Gasteiger partial charge in [0.2, 0.25) is 5.90 Å². The van der Waals surface area contributed by atoms with Gasteiger partial charge >= 0.3 is 0 Å². The smallest absolute Gasteiger partial charge is 0.244 e. The summed E-state index contributed by atoms with van der Waals surface area (Å²) in [5.41, 5.74) is 0. The summed E-state index contributed by atoms with van der Waals surface area (Å²) in [6.45, 7) is 5.48. The summed E-state index contributed by atoms with van der Waals surface area (Å²) in [7, 11) is 3.67. The summed E-state index contributed by atoms with van der Waals surface area (Å²) < 4.78 is 5.35. The van der Waals surface area contributed by atoms with Crippen LogP contribution in [-0.4, -0.2) is 37.4 Å². The first-order chi connectivity index (χ1) is 9.71. The van der Waals surface area contributed by atoms with E-state index in [9.17, 15) is 0 Å². The summed E-state index contributed by atoms with van der Waals surface area (Å²) in [5, 5.41) is 6.29. The van der Waals surface area contributed by atoms with Crippen LogP contribution in [0.15, 0.2) is 16.1 Å². The number of likely N-dealkylation sites (N-methyl/N-ethyl adjacent to an activating group) is 1. The lowest BCUT2D eigenvalue weighted by atomic mass is 9.95. The molecule has 1 unspecified atom stereocenters. The molecule has 0 radical (unpaired) electrons. The first-order valence-corrected chi connectivity index (χ1v) is 8.86. The Kier molecular flexibility index (Phi) is 8.83. The summed E-state index contributed by atoms with van der Waals surface area (Å²) >= 11 is 1.89. The second kappa shape index (κ2) is 10.1. The molecule has 0 spiro atoms. The predicted octanol–water partition coefficient (Wildman–Crippen LogP) is 4.51. The second-order valence-electron chi connectivity index (χ2n) is 5.43. The van der Waals surface area contributed by atoms with E-state index in [0.29, 0.717) is 0 Å². The molecule has 1 rings (SSSR count). The van der Waals surface area contributed by atoms with E-state index in [1.807, 2.05) is 23.8 Å². The van der Waals surface area contributed by atoms with Gasteiger partial charge in [0.1, 0.15) is 0 Å². The summed E-state index contributed by atoms with van der Waals surface area (Å²) in [4.78, 5) is 1.20. The molecule has 0 bridgehead atoms. The Morgan fingerprint density at radius 3 is 2.75 bits per heavy atom. The number of methoxy groups -OCH3 is 1. The van der Waals surface area contributed by atoms with Gasteiger partial charge in [0.25, 0.3) is 0 Å². The highest BCUT2D eigenvalue weighted by Crippen LogP contribution is 2.25. The fourth-order valence-electron chi connectivity index (χ4n) is 2.41. The molecule has 0 fully saturated rings. The van der Waals surface area contributed by atoms with Crippen LogP contribution in [0.5, 0.6) is 0 Å². The van der Waals surface area contributed by atoms with Gasteiger partial charge in [0.05, 0.1) is 18.6 Å². The Bertz CT molecular complexity index is 328. The maximum atomic E-state index is 5.35. The van der Waals surface area contributed by atoms with Crippen molar-refractivity contribution in [1.29, 1.82) is 0 Å². The minimum atomic E-state index is 0.766. The molecule has 3 nitrogen and oxygen atoms in total. The van der Waals surface area contributed by atoms with Crippen molar-refractivity contribution in [2.45, 2.75) is 52.4 Å². The summed E-state index contributed by atoms with van der Waals surface area (Å²) in [6.07, 6.45) is 10.3. The molecule has 0 aliphatic carbocycles. The molecule has 1 heterocycles. The van der Waals surface area contributed by atoms with Gasteiger partial charge in [-0.25, -0.2) is 0 Å². The van der Waals surface area contributed by atoms with E-state index >= 15 is 0 Å². The maximum Gasteiger partial charge on any atom is 0.244 e. The molecule has 1 aliphatic heterocycles. The minimum Gasteiger partial charge on any atom is -0.479 e. The van der Waals surface area contributed by atoms with Gasteiger partial charge in [-0.15, -0.1) is 16.9 Å². The fraction of sp³-hybridized carbons (Fsp3) is 0.812. The van der Waals surface area contributed by atoms with E-state index in [2.05, 4.69) is 25.0 Å². The average Bonchev–Trinajstić information content (AvgIpc) is 2.47. The number of hydrogen-bond donors (Lipinski definition) is 0. The fourth-order valence-corrected chi connectivity index (χ4v) is 3.38. The number of nitrogens with zero attached hydrogens (tertiary/aromatic N) is 2. The van der Waals surface area contributed by atoms with E-state index in [1.165, 1.54) is 49.2 Å². The Labute approximate surface area is 128 Å². The van der Waals surface area contributed by atoms with Crippen molar-refractivity contribution in [3.8, 4) is 0 Å². The van der Waals surface area contributed by atoms with Gasteiger partial charge in [-0.1, -0.05) is 39.5 Å². The number of hydrogen-bond acceptors (Lipinski definition) is 4. The van der Waals surface area contributed by atoms with E-state index in [0.717, 1.165) is 18.4 Å².